The van der Waals surface area contributed by atoms with Crippen molar-refractivity contribution in [2.24, 2.45) is 0 Å². The monoisotopic (exact) mass is 412 g/mol. The van der Waals surface area contributed by atoms with E-state index in [0.29, 0.717) is 23.3 Å². The summed E-state index contributed by atoms with van der Waals surface area (Å²) in [5.74, 6) is -0.0900. The molecule has 6 nitrogen and oxygen atoms in total. The minimum Gasteiger partial charge on any atom is -0.336 e. The lowest BCUT2D eigenvalue weighted by Gasteiger charge is -2.14. The number of amides is 3. The molecule has 142 valence electrons. The Bertz CT molecular complexity index is 1000. The van der Waals surface area contributed by atoms with Gasteiger partial charge in [-0.05, 0) is 24.3 Å². The number of halogens is 1. The van der Waals surface area contributed by atoms with Gasteiger partial charge in [0, 0.05) is 29.4 Å². The Morgan fingerprint density at radius 2 is 1.89 bits per heavy atom. The van der Waals surface area contributed by atoms with Crippen molar-refractivity contribution in [3.05, 3.63) is 65.8 Å². The van der Waals surface area contributed by atoms with Crippen LogP contribution in [0.3, 0.4) is 0 Å². The topological polar surface area (TPSA) is 67.2 Å². The highest BCUT2D eigenvalue weighted by atomic mass is 35.5. The maximum atomic E-state index is 12.4. The zero-order valence-corrected chi connectivity index (χ0v) is 16.4. The fourth-order valence-electron chi connectivity index (χ4n) is 3.00. The van der Waals surface area contributed by atoms with Gasteiger partial charge in [0.25, 0.3) is 0 Å². The highest BCUT2D eigenvalue weighted by Gasteiger charge is 2.26. The van der Waals surface area contributed by atoms with Crippen LogP contribution in [-0.4, -0.2) is 45.2 Å². The fourth-order valence-corrected chi connectivity index (χ4v) is 4.00. The smallest absolute Gasteiger partial charge is 0.324 e. The lowest BCUT2D eigenvalue weighted by Crippen LogP contribution is -2.35. The van der Waals surface area contributed by atoms with Gasteiger partial charge < -0.3 is 5.32 Å². The summed E-state index contributed by atoms with van der Waals surface area (Å²) in [5.41, 5.74) is 2.81. The summed E-state index contributed by atoms with van der Waals surface area (Å²) in [6, 6.07) is 17.0. The Morgan fingerprint density at radius 1 is 1.14 bits per heavy atom. The second-order valence-corrected chi connectivity index (χ2v) is 7.55. The molecule has 3 aromatic rings. The Balaban J connectivity index is 1.64. The average Bonchev–Trinajstić information content (AvgIpc) is 3.33. The van der Waals surface area contributed by atoms with Gasteiger partial charge in [0.2, 0.25) is 5.91 Å². The van der Waals surface area contributed by atoms with Crippen LogP contribution in [-0.2, 0) is 4.79 Å². The minimum absolute atomic E-state index is 0.136. The molecule has 0 unspecified atom stereocenters. The van der Waals surface area contributed by atoms with Crippen LogP contribution in [0.5, 0.6) is 0 Å². The van der Waals surface area contributed by atoms with E-state index in [0.717, 1.165) is 16.9 Å². The maximum Gasteiger partial charge on any atom is 0.324 e. The predicted molar refractivity (Wildman–Crippen MR) is 110 cm³/mol. The number of nitrogens with zero attached hydrogens (tertiary/aromatic N) is 3. The van der Waals surface area contributed by atoms with E-state index >= 15 is 0 Å². The van der Waals surface area contributed by atoms with Gasteiger partial charge >= 0.3 is 6.03 Å². The van der Waals surface area contributed by atoms with E-state index in [4.69, 9.17) is 11.6 Å². The molecular formula is C20H17ClN4O2S. The number of nitrogens with one attached hydrogen (secondary N) is 1. The van der Waals surface area contributed by atoms with Crippen molar-refractivity contribution < 1.29 is 9.59 Å². The Labute approximate surface area is 171 Å². The number of benzene rings is 2. The summed E-state index contributed by atoms with van der Waals surface area (Å²) in [4.78, 5) is 29.8. The Kier molecular flexibility index (Phi) is 5.36. The molecule has 2 aromatic carbocycles. The van der Waals surface area contributed by atoms with Crippen molar-refractivity contribution in [2.45, 2.75) is 5.16 Å². The number of carbonyl (C=O) groups excluding carboxylic acids is 2. The summed E-state index contributed by atoms with van der Waals surface area (Å²) in [6.45, 7) is 0.899. The molecule has 4 rings (SSSR count). The summed E-state index contributed by atoms with van der Waals surface area (Å²) in [6.07, 6.45) is 1.78. The number of hydrogen-bond acceptors (Lipinski definition) is 4. The van der Waals surface area contributed by atoms with Gasteiger partial charge in [-0.25, -0.2) is 9.78 Å². The third kappa shape index (κ3) is 3.76. The fraction of sp³-hybridized carbons (Fsp3) is 0.150. The SMILES string of the molecule is O=C(CSc1ncc(-c2ccc(Cl)cc2)n1-c1ccccc1)N1CCNC1=O. The highest BCUT2D eigenvalue weighted by molar-refractivity contribution is 7.99. The van der Waals surface area contributed by atoms with E-state index in [-0.39, 0.29) is 17.7 Å². The molecule has 0 saturated carbocycles. The molecule has 0 atom stereocenters. The molecule has 1 aliphatic heterocycles. The Hall–Kier alpha value is -2.77. The molecule has 8 heteroatoms. The van der Waals surface area contributed by atoms with Gasteiger partial charge in [0.15, 0.2) is 5.16 Å². The van der Waals surface area contributed by atoms with Crippen LogP contribution in [0.4, 0.5) is 4.79 Å². The van der Waals surface area contributed by atoms with Gasteiger partial charge in [-0.1, -0.05) is 53.7 Å². The molecule has 28 heavy (non-hydrogen) atoms. The molecular weight excluding hydrogens is 396 g/mol. The van der Waals surface area contributed by atoms with Gasteiger partial charge in [-0.2, -0.15) is 0 Å². The zero-order chi connectivity index (χ0) is 19.5. The molecule has 1 saturated heterocycles. The lowest BCUT2D eigenvalue weighted by atomic mass is 10.1. The molecule has 1 N–H and O–H groups in total. The third-order valence-electron chi connectivity index (χ3n) is 4.37. The summed E-state index contributed by atoms with van der Waals surface area (Å²) in [7, 11) is 0. The van der Waals surface area contributed by atoms with E-state index in [1.54, 1.807) is 6.20 Å². The first-order valence-corrected chi connectivity index (χ1v) is 10.1. The number of imidazole rings is 1. The van der Waals surface area contributed by atoms with E-state index in [1.807, 2.05) is 59.2 Å². The largest absolute Gasteiger partial charge is 0.336 e. The molecule has 1 aliphatic rings. The highest BCUT2D eigenvalue weighted by Crippen LogP contribution is 2.30. The molecule has 1 fully saturated rings. The van der Waals surface area contributed by atoms with Crippen LogP contribution in [0.1, 0.15) is 0 Å². The second-order valence-electron chi connectivity index (χ2n) is 6.17. The quantitative estimate of drug-likeness (QED) is 0.646. The number of urea groups is 1. The number of imide groups is 1. The molecule has 3 amide bonds. The molecule has 0 bridgehead atoms. The standard InChI is InChI=1S/C20H17ClN4O2S/c21-15-8-6-14(7-9-15)17-12-23-20(25(17)16-4-2-1-3-5-16)28-13-18(26)24-11-10-22-19(24)27/h1-9,12H,10-11,13H2,(H,22,27). The number of hydrogen-bond donors (Lipinski definition) is 1. The van der Waals surface area contributed by atoms with Gasteiger partial charge in [-0.3, -0.25) is 14.3 Å². The second kappa shape index (κ2) is 8.08. The normalized spacial score (nSPS) is 13.6. The molecule has 2 heterocycles. The van der Waals surface area contributed by atoms with Crippen LogP contribution in [0.2, 0.25) is 5.02 Å². The Morgan fingerprint density at radius 3 is 2.57 bits per heavy atom. The van der Waals surface area contributed by atoms with Crippen molar-refractivity contribution in [1.82, 2.24) is 19.8 Å². The number of para-hydroxylation sites is 1. The van der Waals surface area contributed by atoms with Crippen molar-refractivity contribution >= 4 is 35.3 Å². The van der Waals surface area contributed by atoms with Crippen LogP contribution < -0.4 is 5.32 Å². The van der Waals surface area contributed by atoms with Crippen LogP contribution in [0, 0.1) is 0 Å². The average molecular weight is 413 g/mol. The molecule has 1 aromatic heterocycles. The van der Waals surface area contributed by atoms with E-state index in [1.165, 1.54) is 16.7 Å². The first-order valence-electron chi connectivity index (χ1n) is 8.73. The first kappa shape index (κ1) is 18.6. The summed E-state index contributed by atoms with van der Waals surface area (Å²) in [5, 5.41) is 3.99. The maximum absolute atomic E-state index is 12.4. The first-order chi connectivity index (χ1) is 13.6. The van der Waals surface area contributed by atoms with E-state index < -0.39 is 0 Å². The zero-order valence-electron chi connectivity index (χ0n) is 14.8. The van der Waals surface area contributed by atoms with E-state index in [2.05, 4.69) is 10.3 Å². The molecule has 0 radical (unpaired) electrons. The third-order valence-corrected chi connectivity index (χ3v) is 5.56. The molecule has 0 aliphatic carbocycles. The van der Waals surface area contributed by atoms with E-state index in [9.17, 15) is 9.59 Å². The van der Waals surface area contributed by atoms with Crippen LogP contribution in [0.15, 0.2) is 66.0 Å². The van der Waals surface area contributed by atoms with Crippen molar-refractivity contribution in [3.63, 3.8) is 0 Å². The number of rotatable bonds is 5. The number of aromatic nitrogens is 2. The van der Waals surface area contributed by atoms with Gasteiger partial charge in [0.1, 0.15) is 0 Å². The summed E-state index contributed by atoms with van der Waals surface area (Å²) >= 11 is 7.33. The van der Waals surface area contributed by atoms with Crippen LogP contribution >= 0.6 is 23.4 Å². The summed E-state index contributed by atoms with van der Waals surface area (Å²) < 4.78 is 2.01. The van der Waals surface area contributed by atoms with Crippen molar-refractivity contribution in [1.29, 1.82) is 0 Å². The minimum atomic E-state index is -0.334. The van der Waals surface area contributed by atoms with Gasteiger partial charge in [0.05, 0.1) is 17.6 Å². The van der Waals surface area contributed by atoms with Crippen LogP contribution in [0.25, 0.3) is 16.9 Å². The van der Waals surface area contributed by atoms with Crippen molar-refractivity contribution in [2.75, 3.05) is 18.8 Å². The van der Waals surface area contributed by atoms with Gasteiger partial charge in [-0.15, -0.1) is 0 Å². The number of thioether (sulfide) groups is 1. The van der Waals surface area contributed by atoms with Crippen molar-refractivity contribution in [3.8, 4) is 16.9 Å². The molecule has 0 spiro atoms. The predicted octanol–water partition coefficient (Wildman–Crippen LogP) is 3.84. The number of carbonyl (C=O) groups is 2. The lowest BCUT2D eigenvalue weighted by molar-refractivity contribution is -0.124.